The van der Waals surface area contributed by atoms with Gasteiger partial charge in [-0.25, -0.2) is 8.42 Å². The second-order valence-electron chi connectivity index (χ2n) is 8.43. The number of carbonyl (C=O) groups is 2. The van der Waals surface area contributed by atoms with Gasteiger partial charge in [0, 0.05) is 24.7 Å². The number of amides is 1. The summed E-state index contributed by atoms with van der Waals surface area (Å²) in [6.07, 6.45) is 1.78. The summed E-state index contributed by atoms with van der Waals surface area (Å²) in [5, 5.41) is 2.62. The lowest BCUT2D eigenvalue weighted by molar-refractivity contribution is -0.147. The zero-order chi connectivity index (χ0) is 24.7. The molecule has 1 saturated heterocycles. The zero-order valence-corrected chi connectivity index (χ0v) is 20.1. The van der Waals surface area contributed by atoms with E-state index in [4.69, 9.17) is 4.74 Å². The molecule has 1 aliphatic heterocycles. The van der Waals surface area contributed by atoms with Crippen LogP contribution >= 0.6 is 0 Å². The Labute approximate surface area is 205 Å². The van der Waals surface area contributed by atoms with Crippen LogP contribution in [-0.4, -0.2) is 44.3 Å². The second-order valence-corrected chi connectivity index (χ2v) is 10.4. The van der Waals surface area contributed by atoms with Crippen molar-refractivity contribution in [1.29, 1.82) is 0 Å². The normalized spacial score (nSPS) is 14.1. The fourth-order valence-electron chi connectivity index (χ4n) is 4.18. The van der Waals surface area contributed by atoms with E-state index in [2.05, 4.69) is 5.32 Å². The molecule has 3 aromatic carbocycles. The smallest absolute Gasteiger partial charge is 0.307 e. The van der Waals surface area contributed by atoms with E-state index in [1.807, 2.05) is 60.7 Å². The molecule has 3 aromatic rings. The molecular formula is C27H28N2O5S. The molecule has 1 fully saturated rings. The van der Waals surface area contributed by atoms with Crippen LogP contribution in [-0.2, 0) is 24.3 Å². The number of carbonyl (C=O) groups excluding carboxylic acids is 2. The first kappa shape index (κ1) is 24.6. The molecule has 0 atom stereocenters. The number of rotatable bonds is 9. The molecule has 0 spiro atoms. The van der Waals surface area contributed by atoms with Gasteiger partial charge >= 0.3 is 5.97 Å². The summed E-state index contributed by atoms with van der Waals surface area (Å²) in [5.41, 5.74) is 2.30. The van der Waals surface area contributed by atoms with Gasteiger partial charge in [0.25, 0.3) is 5.91 Å². The minimum absolute atomic E-state index is 0.0882. The van der Waals surface area contributed by atoms with Crippen molar-refractivity contribution >= 4 is 27.6 Å². The van der Waals surface area contributed by atoms with Crippen LogP contribution in [0.4, 0.5) is 5.69 Å². The Morgan fingerprint density at radius 1 is 0.857 bits per heavy atom. The number of hydrogen-bond donors (Lipinski definition) is 1. The SMILES string of the molecule is O=C(COC(=O)CC(c1ccccc1)c1ccccc1)Nc1cccc(S(=O)(=O)N2CCCC2)c1. The minimum atomic E-state index is -3.59. The molecule has 0 aromatic heterocycles. The highest BCUT2D eigenvalue weighted by Gasteiger charge is 2.27. The van der Waals surface area contributed by atoms with Crippen LogP contribution in [0, 0.1) is 0 Å². The van der Waals surface area contributed by atoms with Crippen LogP contribution in [0.3, 0.4) is 0 Å². The third-order valence-corrected chi connectivity index (χ3v) is 7.85. The molecule has 1 amide bonds. The van der Waals surface area contributed by atoms with E-state index in [0.717, 1.165) is 24.0 Å². The van der Waals surface area contributed by atoms with Crippen molar-refractivity contribution in [3.05, 3.63) is 96.1 Å². The summed E-state index contributed by atoms with van der Waals surface area (Å²) in [6.45, 7) is 0.544. The lowest BCUT2D eigenvalue weighted by atomic mass is 9.89. The Balaban J connectivity index is 1.36. The van der Waals surface area contributed by atoms with Crippen LogP contribution in [0.25, 0.3) is 0 Å². The Kier molecular flexibility index (Phi) is 7.94. The van der Waals surface area contributed by atoms with Crippen LogP contribution < -0.4 is 5.32 Å². The summed E-state index contributed by atoms with van der Waals surface area (Å²) in [6, 6.07) is 25.5. The van der Waals surface area contributed by atoms with Gasteiger partial charge in [-0.3, -0.25) is 9.59 Å². The predicted octanol–water partition coefficient (Wildman–Crippen LogP) is 4.18. The Bertz CT molecular complexity index is 1220. The average molecular weight is 493 g/mol. The van der Waals surface area contributed by atoms with Gasteiger partial charge in [-0.2, -0.15) is 4.31 Å². The number of nitrogens with one attached hydrogen (secondary N) is 1. The first-order valence-corrected chi connectivity index (χ1v) is 13.0. The molecule has 1 heterocycles. The lowest BCUT2D eigenvalue weighted by Crippen LogP contribution is -2.28. The fourth-order valence-corrected chi connectivity index (χ4v) is 5.74. The highest BCUT2D eigenvalue weighted by molar-refractivity contribution is 7.89. The topological polar surface area (TPSA) is 92.8 Å². The average Bonchev–Trinajstić information content (AvgIpc) is 3.43. The molecule has 7 nitrogen and oxygen atoms in total. The van der Waals surface area contributed by atoms with Crippen LogP contribution in [0.2, 0.25) is 0 Å². The van der Waals surface area contributed by atoms with Crippen molar-refractivity contribution in [3.8, 4) is 0 Å². The molecular weight excluding hydrogens is 464 g/mol. The maximum atomic E-state index is 12.8. The summed E-state index contributed by atoms with van der Waals surface area (Å²) in [7, 11) is -3.59. The quantitative estimate of drug-likeness (QED) is 0.453. The van der Waals surface area contributed by atoms with Gasteiger partial charge in [0.2, 0.25) is 10.0 Å². The third-order valence-electron chi connectivity index (χ3n) is 5.96. The Hall–Kier alpha value is -3.49. The third kappa shape index (κ3) is 6.35. The Morgan fingerprint density at radius 2 is 1.46 bits per heavy atom. The van der Waals surface area contributed by atoms with Gasteiger partial charge in [0.15, 0.2) is 6.61 Å². The number of benzene rings is 3. The first-order valence-electron chi connectivity index (χ1n) is 11.6. The van der Waals surface area contributed by atoms with Gasteiger partial charge in [-0.1, -0.05) is 66.7 Å². The molecule has 4 rings (SSSR count). The monoisotopic (exact) mass is 492 g/mol. The van der Waals surface area contributed by atoms with Crippen molar-refractivity contribution in [2.24, 2.45) is 0 Å². The maximum Gasteiger partial charge on any atom is 0.307 e. The number of nitrogens with zero attached hydrogens (tertiary/aromatic N) is 1. The van der Waals surface area contributed by atoms with Crippen LogP contribution in [0.15, 0.2) is 89.8 Å². The van der Waals surface area contributed by atoms with Crippen molar-refractivity contribution in [3.63, 3.8) is 0 Å². The molecule has 0 saturated carbocycles. The van der Waals surface area contributed by atoms with E-state index in [1.165, 1.54) is 16.4 Å². The first-order chi connectivity index (χ1) is 16.9. The molecule has 182 valence electrons. The fraction of sp³-hybridized carbons (Fsp3) is 0.259. The molecule has 1 N–H and O–H groups in total. The number of sulfonamides is 1. The molecule has 1 aliphatic rings. The van der Waals surface area contributed by atoms with Crippen LogP contribution in [0.5, 0.6) is 0 Å². The molecule has 8 heteroatoms. The maximum absolute atomic E-state index is 12.8. The summed E-state index contributed by atoms with van der Waals surface area (Å²) >= 11 is 0. The van der Waals surface area contributed by atoms with E-state index in [9.17, 15) is 18.0 Å². The largest absolute Gasteiger partial charge is 0.456 e. The van der Waals surface area contributed by atoms with E-state index in [1.54, 1.807) is 12.1 Å². The van der Waals surface area contributed by atoms with Gasteiger partial charge < -0.3 is 10.1 Å². The number of ether oxygens (including phenoxy) is 1. The highest BCUT2D eigenvalue weighted by atomic mass is 32.2. The van der Waals surface area contributed by atoms with Crippen molar-refractivity contribution in [2.75, 3.05) is 25.0 Å². The van der Waals surface area contributed by atoms with Gasteiger partial charge in [0.05, 0.1) is 11.3 Å². The van der Waals surface area contributed by atoms with Crippen molar-refractivity contribution in [1.82, 2.24) is 4.31 Å². The van der Waals surface area contributed by atoms with Gasteiger partial charge in [-0.05, 0) is 42.2 Å². The van der Waals surface area contributed by atoms with E-state index < -0.39 is 28.5 Å². The van der Waals surface area contributed by atoms with E-state index in [0.29, 0.717) is 18.8 Å². The molecule has 0 unspecified atom stereocenters. The molecule has 0 bridgehead atoms. The number of anilines is 1. The molecule has 0 aliphatic carbocycles. The highest BCUT2D eigenvalue weighted by Crippen LogP contribution is 2.28. The van der Waals surface area contributed by atoms with Crippen LogP contribution in [0.1, 0.15) is 36.3 Å². The van der Waals surface area contributed by atoms with Crippen molar-refractivity contribution < 1.29 is 22.7 Å². The zero-order valence-electron chi connectivity index (χ0n) is 19.3. The standard InChI is InChI=1S/C27H28N2O5S/c30-26(28-23-14-9-15-24(18-23)35(32,33)29-16-7-8-17-29)20-34-27(31)19-25(21-10-3-1-4-11-21)22-12-5-2-6-13-22/h1-6,9-15,18,25H,7-8,16-17,19-20H2,(H,28,30). The Morgan fingerprint density at radius 3 is 2.06 bits per heavy atom. The predicted molar refractivity (Wildman–Crippen MR) is 133 cm³/mol. The lowest BCUT2D eigenvalue weighted by Gasteiger charge is -2.17. The number of esters is 1. The van der Waals surface area contributed by atoms with E-state index in [-0.39, 0.29) is 17.2 Å². The second kappa shape index (κ2) is 11.3. The van der Waals surface area contributed by atoms with Crippen molar-refractivity contribution in [2.45, 2.75) is 30.1 Å². The van der Waals surface area contributed by atoms with Gasteiger partial charge in [0.1, 0.15) is 0 Å². The summed E-state index contributed by atoms with van der Waals surface area (Å²) in [4.78, 5) is 25.1. The number of hydrogen-bond acceptors (Lipinski definition) is 5. The molecule has 35 heavy (non-hydrogen) atoms. The molecule has 0 radical (unpaired) electrons. The minimum Gasteiger partial charge on any atom is -0.456 e. The van der Waals surface area contributed by atoms with E-state index >= 15 is 0 Å². The summed E-state index contributed by atoms with van der Waals surface area (Å²) < 4.78 is 32.2. The summed E-state index contributed by atoms with van der Waals surface area (Å²) in [5.74, 6) is -1.23. The van der Waals surface area contributed by atoms with Gasteiger partial charge in [-0.15, -0.1) is 0 Å².